The van der Waals surface area contributed by atoms with Crippen molar-refractivity contribution in [1.29, 1.82) is 0 Å². The summed E-state index contributed by atoms with van der Waals surface area (Å²) in [4.78, 5) is 7.91. The Balaban J connectivity index is 2.35. The van der Waals surface area contributed by atoms with Gasteiger partial charge in [-0.25, -0.2) is 14.4 Å². The Kier molecular flexibility index (Phi) is 3.14. The number of nitrogens with one attached hydrogen (secondary N) is 1. The molecule has 3 nitrogen and oxygen atoms in total. The number of halogens is 2. The van der Waals surface area contributed by atoms with E-state index >= 15 is 0 Å². The molecular weight excluding hydrogens is 273 g/mol. The fraction of sp³-hybridized carbons (Fsp3) is 0.0909. The van der Waals surface area contributed by atoms with Crippen LogP contribution in [0.1, 0.15) is 5.56 Å². The van der Waals surface area contributed by atoms with Crippen LogP contribution in [0.5, 0.6) is 0 Å². The lowest BCUT2D eigenvalue weighted by Crippen LogP contribution is -1.98. The molecule has 0 aliphatic rings. The molecule has 0 saturated heterocycles. The van der Waals surface area contributed by atoms with Crippen LogP contribution >= 0.6 is 15.9 Å². The highest BCUT2D eigenvalue weighted by Gasteiger charge is 2.06. The normalized spacial score (nSPS) is 10.2. The molecule has 1 heterocycles. The van der Waals surface area contributed by atoms with Gasteiger partial charge in [-0.05, 0) is 35.0 Å². The van der Waals surface area contributed by atoms with E-state index < -0.39 is 0 Å². The number of aromatic nitrogens is 2. The lowest BCUT2D eigenvalue weighted by atomic mass is 10.2. The topological polar surface area (TPSA) is 37.8 Å². The van der Waals surface area contributed by atoms with E-state index in [-0.39, 0.29) is 5.82 Å². The summed E-state index contributed by atoms with van der Waals surface area (Å²) in [6, 6.07) is 4.88. The third-order valence-electron chi connectivity index (χ3n) is 2.19. The molecule has 0 amide bonds. The van der Waals surface area contributed by atoms with E-state index in [4.69, 9.17) is 0 Å². The lowest BCUT2D eigenvalue weighted by Gasteiger charge is -2.09. The SMILES string of the molecule is Cc1c(F)cccc1Nc1ncncc1Br. The summed E-state index contributed by atoms with van der Waals surface area (Å²) in [7, 11) is 0. The highest BCUT2D eigenvalue weighted by molar-refractivity contribution is 9.10. The molecule has 0 radical (unpaired) electrons. The van der Waals surface area contributed by atoms with Crippen molar-refractivity contribution in [3.63, 3.8) is 0 Å². The van der Waals surface area contributed by atoms with Crippen LogP contribution in [-0.4, -0.2) is 9.97 Å². The summed E-state index contributed by atoms with van der Waals surface area (Å²) < 4.78 is 14.0. The van der Waals surface area contributed by atoms with Crippen molar-refractivity contribution in [2.75, 3.05) is 5.32 Å². The molecule has 0 bridgehead atoms. The van der Waals surface area contributed by atoms with Gasteiger partial charge >= 0.3 is 0 Å². The molecule has 0 aliphatic heterocycles. The molecule has 0 unspecified atom stereocenters. The maximum atomic E-state index is 13.3. The molecule has 2 aromatic rings. The number of rotatable bonds is 2. The summed E-state index contributed by atoms with van der Waals surface area (Å²) in [5.74, 6) is 0.374. The van der Waals surface area contributed by atoms with E-state index in [2.05, 4.69) is 31.2 Å². The Bertz CT molecular complexity index is 516. The number of hydrogen-bond acceptors (Lipinski definition) is 3. The number of nitrogens with zero attached hydrogens (tertiary/aromatic N) is 2. The quantitative estimate of drug-likeness (QED) is 0.917. The summed E-state index contributed by atoms with van der Waals surface area (Å²) in [6.45, 7) is 1.72. The van der Waals surface area contributed by atoms with Crippen LogP contribution in [0.2, 0.25) is 0 Å². The second kappa shape index (κ2) is 4.57. The predicted molar refractivity (Wildman–Crippen MR) is 64.2 cm³/mol. The minimum absolute atomic E-state index is 0.241. The lowest BCUT2D eigenvalue weighted by molar-refractivity contribution is 0.619. The Labute approximate surface area is 101 Å². The Morgan fingerprint density at radius 3 is 2.94 bits per heavy atom. The minimum atomic E-state index is -0.241. The van der Waals surface area contributed by atoms with E-state index in [0.717, 1.165) is 4.47 Å². The maximum absolute atomic E-state index is 13.3. The smallest absolute Gasteiger partial charge is 0.148 e. The van der Waals surface area contributed by atoms with Crippen molar-refractivity contribution in [2.45, 2.75) is 6.92 Å². The first-order chi connectivity index (χ1) is 7.68. The average Bonchev–Trinajstić information content (AvgIpc) is 2.28. The molecule has 0 aliphatic carbocycles. The van der Waals surface area contributed by atoms with Crippen molar-refractivity contribution in [3.8, 4) is 0 Å². The third kappa shape index (κ3) is 2.19. The molecule has 1 aromatic carbocycles. The van der Waals surface area contributed by atoms with Crippen LogP contribution in [0.15, 0.2) is 35.2 Å². The van der Waals surface area contributed by atoms with Gasteiger partial charge in [-0.3, -0.25) is 0 Å². The Morgan fingerprint density at radius 2 is 2.19 bits per heavy atom. The Morgan fingerprint density at radius 1 is 1.38 bits per heavy atom. The van der Waals surface area contributed by atoms with Gasteiger partial charge in [-0.1, -0.05) is 6.07 Å². The minimum Gasteiger partial charge on any atom is -0.339 e. The first-order valence-corrected chi connectivity index (χ1v) is 5.45. The van der Waals surface area contributed by atoms with Gasteiger partial charge in [0, 0.05) is 17.4 Å². The van der Waals surface area contributed by atoms with Gasteiger partial charge in [0.05, 0.1) is 4.47 Å². The van der Waals surface area contributed by atoms with E-state index in [1.54, 1.807) is 25.3 Å². The molecule has 82 valence electrons. The molecule has 1 N–H and O–H groups in total. The van der Waals surface area contributed by atoms with Crippen molar-refractivity contribution in [3.05, 3.63) is 46.6 Å². The molecule has 0 fully saturated rings. The summed E-state index contributed by atoms with van der Waals surface area (Å²) >= 11 is 3.32. The van der Waals surface area contributed by atoms with Crippen LogP contribution in [0.3, 0.4) is 0 Å². The monoisotopic (exact) mass is 281 g/mol. The summed E-state index contributed by atoms with van der Waals surface area (Å²) in [5, 5.41) is 3.04. The van der Waals surface area contributed by atoms with E-state index in [1.807, 2.05) is 0 Å². The standard InChI is InChI=1S/C11H9BrFN3/c1-7-9(13)3-2-4-10(7)16-11-8(12)5-14-6-15-11/h2-6H,1H3,(H,14,15,16). The highest BCUT2D eigenvalue weighted by atomic mass is 79.9. The van der Waals surface area contributed by atoms with Gasteiger partial charge in [-0.15, -0.1) is 0 Å². The molecular formula is C11H9BrFN3. The van der Waals surface area contributed by atoms with Crippen molar-refractivity contribution in [2.24, 2.45) is 0 Å². The predicted octanol–water partition coefficient (Wildman–Crippen LogP) is 3.43. The van der Waals surface area contributed by atoms with E-state index in [1.165, 1.54) is 12.4 Å². The highest BCUT2D eigenvalue weighted by Crippen LogP contribution is 2.25. The number of anilines is 2. The fourth-order valence-electron chi connectivity index (χ4n) is 1.28. The van der Waals surface area contributed by atoms with Crippen LogP contribution in [0.4, 0.5) is 15.9 Å². The van der Waals surface area contributed by atoms with E-state index in [0.29, 0.717) is 17.1 Å². The first kappa shape index (κ1) is 11.0. The molecule has 0 saturated carbocycles. The fourth-order valence-corrected chi connectivity index (χ4v) is 1.59. The molecule has 0 atom stereocenters. The van der Waals surface area contributed by atoms with Gasteiger partial charge in [0.25, 0.3) is 0 Å². The van der Waals surface area contributed by atoms with Gasteiger partial charge in [0.15, 0.2) is 0 Å². The molecule has 1 aromatic heterocycles. The van der Waals surface area contributed by atoms with Crippen LogP contribution < -0.4 is 5.32 Å². The number of benzene rings is 1. The van der Waals surface area contributed by atoms with Crippen LogP contribution in [-0.2, 0) is 0 Å². The van der Waals surface area contributed by atoms with Gasteiger partial charge in [0.2, 0.25) is 0 Å². The zero-order chi connectivity index (χ0) is 11.5. The molecule has 0 spiro atoms. The molecule has 16 heavy (non-hydrogen) atoms. The first-order valence-electron chi connectivity index (χ1n) is 4.66. The largest absolute Gasteiger partial charge is 0.339 e. The van der Waals surface area contributed by atoms with Crippen LogP contribution in [0, 0.1) is 12.7 Å². The van der Waals surface area contributed by atoms with Crippen molar-refractivity contribution in [1.82, 2.24) is 9.97 Å². The average molecular weight is 282 g/mol. The molecule has 2 rings (SSSR count). The zero-order valence-corrected chi connectivity index (χ0v) is 10.1. The van der Waals surface area contributed by atoms with Crippen LogP contribution in [0.25, 0.3) is 0 Å². The van der Waals surface area contributed by atoms with E-state index in [9.17, 15) is 4.39 Å². The third-order valence-corrected chi connectivity index (χ3v) is 2.77. The van der Waals surface area contributed by atoms with Gasteiger partial charge in [-0.2, -0.15) is 0 Å². The second-order valence-electron chi connectivity index (χ2n) is 3.26. The van der Waals surface area contributed by atoms with Gasteiger partial charge in [0.1, 0.15) is 18.0 Å². The number of hydrogen-bond donors (Lipinski definition) is 1. The van der Waals surface area contributed by atoms with Gasteiger partial charge < -0.3 is 5.32 Å². The van der Waals surface area contributed by atoms with Crippen molar-refractivity contribution >= 4 is 27.4 Å². The van der Waals surface area contributed by atoms with Crippen molar-refractivity contribution < 1.29 is 4.39 Å². The second-order valence-corrected chi connectivity index (χ2v) is 4.11. The maximum Gasteiger partial charge on any atom is 0.148 e. The zero-order valence-electron chi connectivity index (χ0n) is 8.54. The summed E-state index contributed by atoms with van der Waals surface area (Å²) in [6.07, 6.45) is 3.06. The Hall–Kier alpha value is -1.49. The molecule has 5 heteroatoms. The summed E-state index contributed by atoms with van der Waals surface area (Å²) in [5.41, 5.74) is 1.26.